The molecule has 2 nitrogen and oxygen atoms in total. The van der Waals surface area contributed by atoms with Gasteiger partial charge in [-0.15, -0.1) is 11.8 Å². The number of rotatable bonds is 4. The lowest BCUT2D eigenvalue weighted by atomic mass is 10.0. The van der Waals surface area contributed by atoms with Crippen molar-refractivity contribution in [1.29, 1.82) is 0 Å². The van der Waals surface area contributed by atoms with Gasteiger partial charge in [-0.05, 0) is 36.2 Å². The van der Waals surface area contributed by atoms with Crippen molar-refractivity contribution < 1.29 is 9.84 Å². The molecule has 0 aliphatic carbocycles. The number of hydrogen-bond donors (Lipinski definition) is 1. The monoisotopic (exact) mass is 320 g/mol. The fraction of sp³-hybridized carbons (Fsp3) is 0.294. The van der Waals surface area contributed by atoms with Gasteiger partial charge in [-0.3, -0.25) is 0 Å². The smallest absolute Gasteiger partial charge is 0.137 e. The Labute approximate surface area is 134 Å². The van der Waals surface area contributed by atoms with Gasteiger partial charge in [0.1, 0.15) is 5.75 Å². The molecule has 0 radical (unpaired) electrons. The minimum absolute atomic E-state index is 0.402. The van der Waals surface area contributed by atoms with Crippen LogP contribution in [-0.2, 0) is 0 Å². The van der Waals surface area contributed by atoms with E-state index in [1.54, 1.807) is 13.0 Å². The molecule has 1 aliphatic heterocycles. The van der Waals surface area contributed by atoms with Crippen LogP contribution in [0.1, 0.15) is 30.1 Å². The number of ether oxygens (including phenoxy) is 1. The molecule has 3 rings (SSSR count). The van der Waals surface area contributed by atoms with E-state index in [2.05, 4.69) is 24.3 Å². The summed E-state index contributed by atoms with van der Waals surface area (Å²) < 4.78 is 5.89. The van der Waals surface area contributed by atoms with E-state index < -0.39 is 6.10 Å². The van der Waals surface area contributed by atoms with Crippen LogP contribution in [0.5, 0.6) is 5.75 Å². The normalized spacial score (nSPS) is 18.3. The third kappa shape index (κ3) is 3.20. The van der Waals surface area contributed by atoms with Gasteiger partial charge < -0.3 is 9.84 Å². The first kappa shape index (κ1) is 14.8. The Hall–Kier alpha value is -1.16. The molecule has 1 unspecified atom stereocenters. The van der Waals surface area contributed by atoms with Gasteiger partial charge in [0.2, 0.25) is 0 Å². The van der Waals surface area contributed by atoms with Gasteiger partial charge in [0.25, 0.3) is 0 Å². The number of aliphatic hydroxyl groups is 1. The molecule has 0 aromatic heterocycles. The standard InChI is InChI=1S/C17H17ClO2S/c1-11(19)12-6-7-16(15(18)8-12)20-9-13-10-21-17-5-3-2-4-14(13)17/h2-8,11,13,19H,9-10H2,1H3/t11-,13?/m0/s1. The number of thioether (sulfide) groups is 1. The molecule has 0 saturated heterocycles. The lowest BCUT2D eigenvalue weighted by molar-refractivity contribution is 0.199. The quantitative estimate of drug-likeness (QED) is 0.888. The van der Waals surface area contributed by atoms with Crippen LogP contribution >= 0.6 is 23.4 Å². The first-order valence-corrected chi connectivity index (χ1v) is 8.33. The Morgan fingerprint density at radius 3 is 2.90 bits per heavy atom. The van der Waals surface area contributed by atoms with Crippen molar-refractivity contribution in [1.82, 2.24) is 0 Å². The first-order valence-electron chi connectivity index (χ1n) is 6.97. The van der Waals surface area contributed by atoms with Crippen molar-refractivity contribution in [3.63, 3.8) is 0 Å². The van der Waals surface area contributed by atoms with Crippen LogP contribution in [0.4, 0.5) is 0 Å². The van der Waals surface area contributed by atoms with Gasteiger partial charge >= 0.3 is 0 Å². The van der Waals surface area contributed by atoms with Crippen molar-refractivity contribution in [3.8, 4) is 5.75 Å². The van der Waals surface area contributed by atoms with E-state index in [9.17, 15) is 5.11 Å². The SMILES string of the molecule is C[C@H](O)c1ccc(OCC2CSc3ccccc32)c(Cl)c1. The van der Waals surface area contributed by atoms with Crippen molar-refractivity contribution in [2.75, 3.05) is 12.4 Å². The highest BCUT2D eigenvalue weighted by atomic mass is 35.5. The highest BCUT2D eigenvalue weighted by Crippen LogP contribution is 2.40. The first-order chi connectivity index (χ1) is 10.1. The van der Waals surface area contributed by atoms with Crippen molar-refractivity contribution in [2.24, 2.45) is 0 Å². The highest BCUT2D eigenvalue weighted by Gasteiger charge is 2.23. The van der Waals surface area contributed by atoms with Crippen molar-refractivity contribution in [2.45, 2.75) is 23.8 Å². The summed E-state index contributed by atoms with van der Waals surface area (Å²) in [5.41, 5.74) is 2.16. The predicted octanol–water partition coefficient (Wildman–Crippen LogP) is 4.66. The summed E-state index contributed by atoms with van der Waals surface area (Å²) in [5.74, 6) is 2.12. The molecule has 1 aliphatic rings. The third-order valence-corrected chi connectivity index (χ3v) is 5.22. The topological polar surface area (TPSA) is 29.5 Å². The highest BCUT2D eigenvalue weighted by molar-refractivity contribution is 7.99. The summed E-state index contributed by atoms with van der Waals surface area (Å²) >= 11 is 8.09. The lowest BCUT2D eigenvalue weighted by Crippen LogP contribution is -2.10. The van der Waals surface area contributed by atoms with E-state index in [4.69, 9.17) is 16.3 Å². The van der Waals surface area contributed by atoms with Gasteiger partial charge in [0.15, 0.2) is 0 Å². The predicted molar refractivity (Wildman–Crippen MR) is 87.5 cm³/mol. The molecule has 0 fully saturated rings. The fourth-order valence-corrected chi connectivity index (χ4v) is 3.93. The van der Waals surface area contributed by atoms with Crippen LogP contribution < -0.4 is 4.74 Å². The molecule has 2 aromatic carbocycles. The number of aliphatic hydroxyl groups excluding tert-OH is 1. The molecular weight excluding hydrogens is 304 g/mol. The Balaban J connectivity index is 1.69. The molecule has 2 aromatic rings. The summed E-state index contributed by atoms with van der Waals surface area (Å²) in [6.07, 6.45) is -0.519. The number of fused-ring (bicyclic) bond motifs is 1. The molecule has 1 N–H and O–H groups in total. The molecule has 0 spiro atoms. The zero-order chi connectivity index (χ0) is 14.8. The maximum absolute atomic E-state index is 9.55. The van der Waals surface area contributed by atoms with Crippen molar-refractivity contribution in [3.05, 3.63) is 58.6 Å². The van der Waals surface area contributed by atoms with Crippen LogP contribution in [0, 0.1) is 0 Å². The second-order valence-electron chi connectivity index (χ2n) is 5.22. The van der Waals surface area contributed by atoms with Gasteiger partial charge in [0.05, 0.1) is 17.7 Å². The number of hydrogen-bond acceptors (Lipinski definition) is 3. The van der Waals surface area contributed by atoms with Gasteiger partial charge in [-0.25, -0.2) is 0 Å². The van der Waals surface area contributed by atoms with E-state index in [-0.39, 0.29) is 0 Å². The third-order valence-electron chi connectivity index (χ3n) is 3.68. The van der Waals surface area contributed by atoms with Crippen LogP contribution in [-0.4, -0.2) is 17.5 Å². The zero-order valence-electron chi connectivity index (χ0n) is 11.8. The lowest BCUT2D eigenvalue weighted by Gasteiger charge is -2.14. The maximum Gasteiger partial charge on any atom is 0.137 e. The van der Waals surface area contributed by atoms with E-state index in [0.29, 0.717) is 23.3 Å². The second kappa shape index (κ2) is 6.30. The summed E-state index contributed by atoms with van der Waals surface area (Å²) in [6, 6.07) is 13.9. The molecule has 4 heteroatoms. The maximum atomic E-state index is 9.55. The molecule has 0 saturated carbocycles. The Morgan fingerprint density at radius 2 is 2.14 bits per heavy atom. The van der Waals surface area contributed by atoms with E-state index in [0.717, 1.165) is 11.3 Å². The van der Waals surface area contributed by atoms with Gasteiger partial charge in [-0.2, -0.15) is 0 Å². The molecule has 2 atom stereocenters. The van der Waals surface area contributed by atoms with Crippen LogP contribution in [0.15, 0.2) is 47.4 Å². The minimum Gasteiger partial charge on any atom is -0.491 e. The van der Waals surface area contributed by atoms with Crippen LogP contribution in [0.3, 0.4) is 0 Å². The Morgan fingerprint density at radius 1 is 1.33 bits per heavy atom. The number of halogens is 1. The molecule has 1 heterocycles. The average molecular weight is 321 g/mol. The fourth-order valence-electron chi connectivity index (χ4n) is 2.45. The Kier molecular flexibility index (Phi) is 4.43. The zero-order valence-corrected chi connectivity index (χ0v) is 13.3. The van der Waals surface area contributed by atoms with Crippen LogP contribution in [0.25, 0.3) is 0 Å². The van der Waals surface area contributed by atoms with E-state index in [1.807, 2.05) is 23.9 Å². The largest absolute Gasteiger partial charge is 0.491 e. The summed E-state index contributed by atoms with van der Waals surface area (Å²) in [5, 5.41) is 10.1. The number of benzene rings is 2. The molecule has 0 bridgehead atoms. The summed E-state index contributed by atoms with van der Waals surface area (Å²) in [4.78, 5) is 1.35. The second-order valence-corrected chi connectivity index (χ2v) is 6.69. The minimum atomic E-state index is -0.519. The van der Waals surface area contributed by atoms with Crippen LogP contribution in [0.2, 0.25) is 5.02 Å². The van der Waals surface area contributed by atoms with E-state index in [1.165, 1.54) is 10.5 Å². The average Bonchev–Trinajstić information content (AvgIpc) is 2.89. The molecular formula is C17H17ClO2S. The Bertz CT molecular complexity index is 642. The summed E-state index contributed by atoms with van der Waals surface area (Å²) in [7, 11) is 0. The van der Waals surface area contributed by atoms with E-state index >= 15 is 0 Å². The summed E-state index contributed by atoms with van der Waals surface area (Å²) in [6.45, 7) is 2.34. The molecule has 0 amide bonds. The molecule has 21 heavy (non-hydrogen) atoms. The van der Waals surface area contributed by atoms with Gasteiger partial charge in [0, 0.05) is 16.6 Å². The van der Waals surface area contributed by atoms with Crippen molar-refractivity contribution >= 4 is 23.4 Å². The molecule has 110 valence electrons. The van der Waals surface area contributed by atoms with Gasteiger partial charge in [-0.1, -0.05) is 35.9 Å².